The molecular weight excluding hydrogens is 259 g/mol. The maximum Gasteiger partial charge on any atom is 0.242 e. The first-order chi connectivity index (χ1) is 7.12. The second-order valence-corrected chi connectivity index (χ2v) is 11.9. The number of unbranched alkanes of at least 4 members (excludes halogenated alkanes) is 2. The average molecular weight is 284 g/mol. The van der Waals surface area contributed by atoms with E-state index in [9.17, 15) is 9.79 Å². The van der Waals surface area contributed by atoms with Crippen molar-refractivity contribution in [3.8, 4) is 0 Å². The molecule has 0 aliphatic heterocycles. The number of hydrogen-bond acceptors (Lipinski definition) is 2. The highest BCUT2D eigenvalue weighted by molar-refractivity contribution is 8.67. The van der Waals surface area contributed by atoms with Crippen LogP contribution in [-0.4, -0.2) is 14.5 Å². The van der Waals surface area contributed by atoms with Crippen LogP contribution in [-0.2, 0) is 11.8 Å². The molecule has 0 aromatic rings. The van der Waals surface area contributed by atoms with Crippen molar-refractivity contribution < 1.29 is 9.79 Å². The van der Waals surface area contributed by atoms with Gasteiger partial charge in [0, 0.05) is 4.75 Å². The van der Waals surface area contributed by atoms with Gasteiger partial charge in [0.05, 0.1) is 0 Å². The van der Waals surface area contributed by atoms with Gasteiger partial charge in [0.25, 0.3) is 0 Å². The largest absolute Gasteiger partial charge is 0.338 e. The van der Waals surface area contributed by atoms with Crippen LogP contribution in [0.15, 0.2) is 0 Å². The Balaban J connectivity index is 3.70. The fraction of sp³-hybridized carbons (Fsp3) is 1.00. The maximum atomic E-state index is 9.27. The van der Waals surface area contributed by atoms with E-state index in [0.29, 0.717) is 0 Å². The molecule has 0 atom stereocenters. The van der Waals surface area contributed by atoms with Crippen molar-refractivity contribution >= 4 is 28.9 Å². The molecule has 0 bridgehead atoms. The highest BCUT2D eigenvalue weighted by atomic mass is 32.9. The molecule has 5 heteroatoms. The molecule has 0 rings (SSSR count). The van der Waals surface area contributed by atoms with Crippen LogP contribution in [0.3, 0.4) is 0 Å². The van der Waals surface area contributed by atoms with Crippen LogP contribution >= 0.6 is 17.1 Å². The molecule has 0 fully saturated rings. The summed E-state index contributed by atoms with van der Waals surface area (Å²) in [6.45, 7) is 8.56. The zero-order chi connectivity index (χ0) is 12.8. The van der Waals surface area contributed by atoms with Crippen LogP contribution in [0.1, 0.15) is 59.8 Å². The highest BCUT2D eigenvalue weighted by Crippen LogP contribution is 2.58. The summed E-state index contributed by atoms with van der Waals surface area (Å²) in [5, 5.41) is 0. The molecule has 98 valence electrons. The van der Waals surface area contributed by atoms with Gasteiger partial charge >= 0.3 is 0 Å². The Labute approximate surface area is 109 Å². The SMILES string of the molecule is CC(C)CCCCCC(C)(C)SP(O)(O)=S. The molecule has 2 N–H and O–H groups in total. The number of hydrogen-bond donors (Lipinski definition) is 2. The van der Waals surface area contributed by atoms with E-state index in [1.165, 1.54) is 19.3 Å². The van der Waals surface area contributed by atoms with Crippen LogP contribution in [0, 0.1) is 5.92 Å². The molecule has 16 heavy (non-hydrogen) atoms. The van der Waals surface area contributed by atoms with Crippen molar-refractivity contribution in [2.24, 2.45) is 5.92 Å². The summed E-state index contributed by atoms with van der Waals surface area (Å²) in [6.07, 6.45) is 5.91. The molecule has 0 amide bonds. The average Bonchev–Trinajstić information content (AvgIpc) is 1.97. The minimum Gasteiger partial charge on any atom is -0.338 e. The third-order valence-corrected chi connectivity index (χ3v) is 6.23. The molecule has 0 radical (unpaired) electrons. The quantitative estimate of drug-likeness (QED) is 0.514. The van der Waals surface area contributed by atoms with Crippen molar-refractivity contribution in [2.75, 3.05) is 0 Å². The highest BCUT2D eigenvalue weighted by Gasteiger charge is 2.25. The summed E-state index contributed by atoms with van der Waals surface area (Å²) in [6, 6.07) is 0. The van der Waals surface area contributed by atoms with E-state index >= 15 is 0 Å². The summed E-state index contributed by atoms with van der Waals surface area (Å²) >= 11 is 5.81. The summed E-state index contributed by atoms with van der Waals surface area (Å²) in [5.74, 6) is 0.781. The van der Waals surface area contributed by atoms with E-state index in [1.807, 2.05) is 13.8 Å². The monoisotopic (exact) mass is 284 g/mol. The summed E-state index contributed by atoms with van der Waals surface area (Å²) in [4.78, 5) is 18.5. The Hall–Kier alpha value is 0.920. The lowest BCUT2D eigenvalue weighted by atomic mass is 10.0. The zero-order valence-electron chi connectivity index (χ0n) is 10.8. The summed E-state index contributed by atoms with van der Waals surface area (Å²) in [5.41, 5.74) is -3.11. The van der Waals surface area contributed by atoms with E-state index < -0.39 is 5.69 Å². The molecule has 0 aromatic carbocycles. The molecule has 0 aliphatic rings. The Morgan fingerprint density at radius 2 is 1.75 bits per heavy atom. The molecular formula is C11H25O2PS2. The van der Waals surface area contributed by atoms with Gasteiger partial charge in [-0.1, -0.05) is 64.8 Å². The number of rotatable bonds is 8. The smallest absolute Gasteiger partial charge is 0.242 e. The van der Waals surface area contributed by atoms with E-state index in [2.05, 4.69) is 25.7 Å². The minimum absolute atomic E-state index is 0.114. The minimum atomic E-state index is -3.11. The Morgan fingerprint density at radius 1 is 1.19 bits per heavy atom. The lowest BCUT2D eigenvalue weighted by molar-refractivity contribution is 0.493. The van der Waals surface area contributed by atoms with Crippen LogP contribution in [0.5, 0.6) is 0 Å². The van der Waals surface area contributed by atoms with Crippen molar-refractivity contribution in [3.05, 3.63) is 0 Å². The third-order valence-electron chi connectivity index (χ3n) is 2.43. The Morgan fingerprint density at radius 3 is 2.19 bits per heavy atom. The van der Waals surface area contributed by atoms with Gasteiger partial charge in [-0.15, -0.1) is 0 Å². The zero-order valence-corrected chi connectivity index (χ0v) is 13.3. The second-order valence-electron chi connectivity index (χ2n) is 5.33. The van der Waals surface area contributed by atoms with E-state index in [0.717, 1.165) is 30.1 Å². The van der Waals surface area contributed by atoms with Crippen LogP contribution in [0.4, 0.5) is 0 Å². The lowest BCUT2D eigenvalue weighted by Gasteiger charge is -2.25. The first-order valence-corrected chi connectivity index (χ1v) is 10.0. The molecule has 0 saturated heterocycles. The topological polar surface area (TPSA) is 40.5 Å². The van der Waals surface area contributed by atoms with E-state index in [1.54, 1.807) is 0 Å². The Kier molecular flexibility index (Phi) is 7.80. The van der Waals surface area contributed by atoms with E-state index in [-0.39, 0.29) is 4.75 Å². The van der Waals surface area contributed by atoms with Crippen molar-refractivity contribution in [1.29, 1.82) is 0 Å². The van der Waals surface area contributed by atoms with E-state index in [4.69, 9.17) is 0 Å². The maximum absolute atomic E-state index is 9.27. The van der Waals surface area contributed by atoms with Gasteiger partial charge in [0.2, 0.25) is 5.69 Å². The van der Waals surface area contributed by atoms with Crippen molar-refractivity contribution in [3.63, 3.8) is 0 Å². The van der Waals surface area contributed by atoms with Crippen molar-refractivity contribution in [2.45, 2.75) is 64.5 Å². The predicted octanol–water partition coefficient (Wildman–Crippen LogP) is 4.31. The molecule has 0 unspecified atom stereocenters. The Bertz CT molecular complexity index is 236. The van der Waals surface area contributed by atoms with Gasteiger partial charge < -0.3 is 9.79 Å². The summed E-state index contributed by atoms with van der Waals surface area (Å²) < 4.78 is -0.114. The molecule has 0 spiro atoms. The van der Waals surface area contributed by atoms with Crippen LogP contribution in [0.25, 0.3) is 0 Å². The van der Waals surface area contributed by atoms with Gasteiger partial charge in [-0.05, 0) is 24.1 Å². The first-order valence-electron chi connectivity index (χ1n) is 5.89. The molecule has 0 aromatic heterocycles. The second kappa shape index (κ2) is 7.38. The molecule has 2 nitrogen and oxygen atoms in total. The summed E-state index contributed by atoms with van der Waals surface area (Å²) in [7, 11) is 0. The molecule has 0 saturated carbocycles. The van der Waals surface area contributed by atoms with Crippen molar-refractivity contribution in [1.82, 2.24) is 0 Å². The van der Waals surface area contributed by atoms with Crippen LogP contribution in [0.2, 0.25) is 0 Å². The standard InChI is InChI=1S/C11H25O2PS2/c1-10(2)8-6-5-7-9-11(3,4)16-14(12,13)15/h10H,5-9H2,1-4H3,(H2,12,13,15). The normalized spacial score (nSPS) is 13.4. The van der Waals surface area contributed by atoms with Gasteiger partial charge in [-0.3, -0.25) is 0 Å². The van der Waals surface area contributed by atoms with Gasteiger partial charge in [0.1, 0.15) is 0 Å². The fourth-order valence-corrected chi connectivity index (χ4v) is 6.55. The third kappa shape index (κ3) is 11.4. The van der Waals surface area contributed by atoms with Crippen LogP contribution < -0.4 is 0 Å². The predicted molar refractivity (Wildman–Crippen MR) is 78.3 cm³/mol. The van der Waals surface area contributed by atoms with Gasteiger partial charge in [0.15, 0.2) is 0 Å². The molecule has 0 heterocycles. The first kappa shape index (κ1) is 16.9. The van der Waals surface area contributed by atoms with Gasteiger partial charge in [-0.25, -0.2) is 0 Å². The molecule has 0 aliphatic carbocycles. The van der Waals surface area contributed by atoms with Gasteiger partial charge in [-0.2, -0.15) is 0 Å². The lowest BCUT2D eigenvalue weighted by Crippen LogP contribution is -2.13. The fourth-order valence-electron chi connectivity index (χ4n) is 1.65.